The van der Waals surface area contributed by atoms with Gasteiger partial charge in [-0.15, -0.1) is 0 Å². The fourth-order valence-electron chi connectivity index (χ4n) is 1.44. The molecule has 2 nitrogen and oxygen atoms in total. The van der Waals surface area contributed by atoms with Crippen molar-refractivity contribution in [2.75, 3.05) is 25.1 Å². The van der Waals surface area contributed by atoms with Crippen molar-refractivity contribution >= 4 is 37.5 Å². The molecule has 0 radical (unpaired) electrons. The van der Waals surface area contributed by atoms with E-state index in [2.05, 4.69) is 41.9 Å². The first-order chi connectivity index (χ1) is 8.79. The van der Waals surface area contributed by atoms with E-state index in [1.165, 1.54) is 0 Å². The van der Waals surface area contributed by atoms with Gasteiger partial charge in [-0.1, -0.05) is 0 Å². The minimum Gasteiger partial charge on any atom is -0.383 e. The van der Waals surface area contributed by atoms with E-state index in [9.17, 15) is 13.2 Å². The molecule has 0 bridgehead atoms. The topological polar surface area (TPSA) is 21.3 Å². The van der Waals surface area contributed by atoms with E-state index in [1.54, 1.807) is 0 Å². The smallest absolute Gasteiger partial charge is 0.383 e. The SMILES string of the molecule is Cc1cc(Br)c(NCCCOCC(F)(F)F)c(Br)c1. The second-order valence-electron chi connectivity index (χ2n) is 4.05. The van der Waals surface area contributed by atoms with Crippen LogP contribution < -0.4 is 5.32 Å². The lowest BCUT2D eigenvalue weighted by Crippen LogP contribution is -2.18. The molecular weight excluding hydrogens is 391 g/mol. The van der Waals surface area contributed by atoms with Crippen molar-refractivity contribution in [3.8, 4) is 0 Å². The highest BCUT2D eigenvalue weighted by atomic mass is 79.9. The van der Waals surface area contributed by atoms with Crippen molar-refractivity contribution in [3.63, 3.8) is 0 Å². The van der Waals surface area contributed by atoms with Crippen LogP contribution in [0.25, 0.3) is 0 Å². The summed E-state index contributed by atoms with van der Waals surface area (Å²) in [5.74, 6) is 0. The summed E-state index contributed by atoms with van der Waals surface area (Å²) in [5.41, 5.74) is 2.00. The molecule has 0 aliphatic rings. The standard InChI is InChI=1S/C12H14Br2F3NO/c1-8-5-9(13)11(10(14)6-8)18-3-2-4-19-7-12(15,16)17/h5-6,18H,2-4,7H2,1H3. The Labute approximate surface area is 127 Å². The van der Waals surface area contributed by atoms with E-state index in [4.69, 9.17) is 0 Å². The third kappa shape index (κ3) is 6.63. The van der Waals surface area contributed by atoms with Gasteiger partial charge in [-0.2, -0.15) is 13.2 Å². The van der Waals surface area contributed by atoms with Gasteiger partial charge in [0.25, 0.3) is 0 Å². The Morgan fingerprint density at radius 2 is 1.79 bits per heavy atom. The summed E-state index contributed by atoms with van der Waals surface area (Å²) in [6, 6.07) is 3.93. The van der Waals surface area contributed by atoms with Crippen LogP contribution in [0.15, 0.2) is 21.1 Å². The van der Waals surface area contributed by atoms with Gasteiger partial charge in [0.05, 0.1) is 5.69 Å². The normalized spacial score (nSPS) is 11.7. The summed E-state index contributed by atoms with van der Waals surface area (Å²) in [5, 5.41) is 3.15. The number of hydrogen-bond acceptors (Lipinski definition) is 2. The van der Waals surface area contributed by atoms with E-state index in [0.29, 0.717) is 13.0 Å². The number of anilines is 1. The third-order valence-corrected chi connectivity index (χ3v) is 3.47. The maximum atomic E-state index is 11.8. The summed E-state index contributed by atoms with van der Waals surface area (Å²) < 4.78 is 41.8. The number of hydrogen-bond donors (Lipinski definition) is 1. The second-order valence-corrected chi connectivity index (χ2v) is 5.76. The van der Waals surface area contributed by atoms with Gasteiger partial charge in [-0.25, -0.2) is 0 Å². The average Bonchev–Trinajstić information content (AvgIpc) is 2.24. The van der Waals surface area contributed by atoms with E-state index in [0.717, 1.165) is 20.2 Å². The van der Waals surface area contributed by atoms with Crippen molar-refractivity contribution < 1.29 is 17.9 Å². The molecule has 1 N–H and O–H groups in total. The van der Waals surface area contributed by atoms with Gasteiger partial charge in [0.1, 0.15) is 6.61 Å². The first kappa shape index (κ1) is 16.8. The molecule has 1 rings (SSSR count). The number of halogens is 5. The molecule has 0 atom stereocenters. The third-order valence-electron chi connectivity index (χ3n) is 2.22. The van der Waals surface area contributed by atoms with Gasteiger partial charge in [-0.05, 0) is 62.9 Å². The lowest BCUT2D eigenvalue weighted by molar-refractivity contribution is -0.173. The molecule has 0 saturated carbocycles. The first-order valence-corrected chi connectivity index (χ1v) is 7.22. The van der Waals surface area contributed by atoms with Crippen LogP contribution in [0, 0.1) is 6.92 Å². The Hall–Kier alpha value is -0.270. The number of benzene rings is 1. The highest BCUT2D eigenvalue weighted by Crippen LogP contribution is 2.32. The summed E-state index contributed by atoms with van der Waals surface area (Å²) in [6.45, 7) is 1.40. The van der Waals surface area contributed by atoms with E-state index in [-0.39, 0.29) is 6.61 Å². The monoisotopic (exact) mass is 403 g/mol. The molecule has 0 aliphatic heterocycles. The largest absolute Gasteiger partial charge is 0.411 e. The van der Waals surface area contributed by atoms with Gasteiger partial charge in [0.15, 0.2) is 0 Å². The zero-order valence-corrected chi connectivity index (χ0v) is 13.5. The Morgan fingerprint density at radius 1 is 1.21 bits per heavy atom. The van der Waals surface area contributed by atoms with Crippen LogP contribution in [0.2, 0.25) is 0 Å². The maximum Gasteiger partial charge on any atom is 0.411 e. The van der Waals surface area contributed by atoms with Crippen molar-refractivity contribution in [2.45, 2.75) is 19.5 Å². The average molecular weight is 405 g/mol. The maximum absolute atomic E-state index is 11.8. The fraction of sp³-hybridized carbons (Fsp3) is 0.500. The minimum absolute atomic E-state index is 0.0770. The van der Waals surface area contributed by atoms with Crippen molar-refractivity contribution in [2.24, 2.45) is 0 Å². The van der Waals surface area contributed by atoms with Gasteiger partial charge >= 0.3 is 6.18 Å². The molecule has 0 aromatic heterocycles. The molecule has 1 aromatic rings. The van der Waals surface area contributed by atoms with Crippen molar-refractivity contribution in [1.29, 1.82) is 0 Å². The molecule has 0 spiro atoms. The molecule has 1 aromatic carbocycles. The lowest BCUT2D eigenvalue weighted by Gasteiger charge is -2.12. The second kappa shape index (κ2) is 7.50. The number of aryl methyl sites for hydroxylation is 1. The summed E-state index contributed by atoms with van der Waals surface area (Å²) in [7, 11) is 0. The van der Waals surface area contributed by atoms with Crippen LogP contribution in [0.5, 0.6) is 0 Å². The van der Waals surface area contributed by atoms with Gasteiger partial charge in [-0.3, -0.25) is 0 Å². The highest BCUT2D eigenvalue weighted by molar-refractivity contribution is 9.11. The first-order valence-electron chi connectivity index (χ1n) is 5.63. The molecule has 0 unspecified atom stereocenters. The van der Waals surface area contributed by atoms with E-state index < -0.39 is 12.8 Å². The van der Waals surface area contributed by atoms with Crippen LogP contribution in [-0.4, -0.2) is 25.9 Å². The molecule has 0 saturated heterocycles. The number of rotatable bonds is 6. The number of alkyl halides is 3. The molecule has 0 aliphatic carbocycles. The van der Waals surface area contributed by atoms with E-state index >= 15 is 0 Å². The fourth-order valence-corrected chi connectivity index (χ4v) is 3.14. The quantitative estimate of drug-likeness (QED) is 0.680. The van der Waals surface area contributed by atoms with Crippen molar-refractivity contribution in [3.05, 3.63) is 26.6 Å². The molecule has 0 heterocycles. The Kier molecular flexibility index (Phi) is 6.62. The zero-order valence-electron chi connectivity index (χ0n) is 10.3. The van der Waals surface area contributed by atoms with Gasteiger partial charge < -0.3 is 10.1 Å². The Balaban J connectivity index is 2.30. The summed E-state index contributed by atoms with van der Waals surface area (Å²) >= 11 is 6.87. The minimum atomic E-state index is -4.25. The van der Waals surface area contributed by atoms with Crippen LogP contribution in [0.4, 0.5) is 18.9 Å². The number of ether oxygens (including phenoxy) is 1. The van der Waals surface area contributed by atoms with Crippen LogP contribution >= 0.6 is 31.9 Å². The molecule has 7 heteroatoms. The Morgan fingerprint density at radius 3 is 2.32 bits per heavy atom. The summed E-state index contributed by atoms with van der Waals surface area (Å²) in [4.78, 5) is 0. The lowest BCUT2D eigenvalue weighted by atomic mass is 10.2. The molecular formula is C12H14Br2F3NO. The molecule has 19 heavy (non-hydrogen) atoms. The van der Waals surface area contributed by atoms with Crippen LogP contribution in [0.3, 0.4) is 0 Å². The predicted molar refractivity (Wildman–Crippen MR) is 76.6 cm³/mol. The van der Waals surface area contributed by atoms with E-state index in [1.807, 2.05) is 19.1 Å². The zero-order chi connectivity index (χ0) is 14.5. The van der Waals surface area contributed by atoms with Crippen molar-refractivity contribution in [1.82, 2.24) is 0 Å². The van der Waals surface area contributed by atoms with Crippen LogP contribution in [0.1, 0.15) is 12.0 Å². The van der Waals surface area contributed by atoms with Crippen LogP contribution in [-0.2, 0) is 4.74 Å². The molecule has 0 amide bonds. The van der Waals surface area contributed by atoms with Gasteiger partial charge in [0.2, 0.25) is 0 Å². The molecule has 0 fully saturated rings. The predicted octanol–water partition coefficient (Wildman–Crippen LogP) is 4.90. The summed E-state index contributed by atoms with van der Waals surface area (Å²) in [6.07, 6.45) is -3.75. The number of nitrogens with one attached hydrogen (secondary N) is 1. The molecule has 108 valence electrons. The highest BCUT2D eigenvalue weighted by Gasteiger charge is 2.27. The Bertz CT molecular complexity index is 401. The van der Waals surface area contributed by atoms with Gasteiger partial charge in [0, 0.05) is 22.1 Å².